The van der Waals surface area contributed by atoms with E-state index < -0.39 is 0 Å². The van der Waals surface area contributed by atoms with E-state index in [0.29, 0.717) is 5.56 Å². The van der Waals surface area contributed by atoms with E-state index in [1.807, 2.05) is 54.7 Å². The molecule has 0 aliphatic heterocycles. The van der Waals surface area contributed by atoms with Crippen LogP contribution >= 0.6 is 0 Å². The minimum absolute atomic E-state index is 0.0941. The minimum atomic E-state index is -0.0941. The van der Waals surface area contributed by atoms with E-state index in [1.54, 1.807) is 0 Å². The van der Waals surface area contributed by atoms with Crippen molar-refractivity contribution in [1.29, 1.82) is 0 Å². The predicted octanol–water partition coefficient (Wildman–Crippen LogP) is 4.83. The van der Waals surface area contributed by atoms with Crippen LogP contribution in [0.5, 0.6) is 0 Å². The summed E-state index contributed by atoms with van der Waals surface area (Å²) >= 11 is 0. The lowest BCUT2D eigenvalue weighted by molar-refractivity contribution is 0.102. The van der Waals surface area contributed by atoms with E-state index in [1.165, 1.54) is 5.56 Å². The van der Waals surface area contributed by atoms with Crippen molar-refractivity contribution in [2.75, 3.05) is 5.32 Å². The molecule has 1 heterocycles. The summed E-state index contributed by atoms with van der Waals surface area (Å²) in [6.45, 7) is 2.18. The summed E-state index contributed by atoms with van der Waals surface area (Å²) < 4.78 is 0. The summed E-state index contributed by atoms with van der Waals surface area (Å²) in [7, 11) is 0. The Morgan fingerprint density at radius 2 is 1.91 bits per heavy atom. The summed E-state index contributed by atoms with van der Waals surface area (Å²) in [6, 6.07) is 17.3. The van der Waals surface area contributed by atoms with Crippen molar-refractivity contribution in [3.05, 3.63) is 71.9 Å². The summed E-state index contributed by atoms with van der Waals surface area (Å²) in [5.74, 6) is -0.0941. The molecule has 3 rings (SSSR count). The second kappa shape index (κ2) is 7.05. The number of carbonyl (C=O) groups is 1. The van der Waals surface area contributed by atoms with Crippen LogP contribution in [0.3, 0.4) is 0 Å². The summed E-state index contributed by atoms with van der Waals surface area (Å²) in [5.41, 5.74) is 3.66. The second-order valence-corrected chi connectivity index (χ2v) is 5.63. The number of aryl methyl sites for hydroxylation is 1. The Balaban J connectivity index is 1.90. The van der Waals surface area contributed by atoms with Crippen LogP contribution in [0.15, 0.2) is 60.8 Å². The van der Waals surface area contributed by atoms with Crippen LogP contribution in [0.1, 0.15) is 35.7 Å². The van der Waals surface area contributed by atoms with Crippen molar-refractivity contribution >= 4 is 22.5 Å². The van der Waals surface area contributed by atoms with Crippen molar-refractivity contribution < 1.29 is 4.79 Å². The van der Waals surface area contributed by atoms with Gasteiger partial charge in [-0.3, -0.25) is 9.78 Å². The Bertz CT molecular complexity index is 812. The van der Waals surface area contributed by atoms with Crippen LogP contribution in [0.2, 0.25) is 0 Å². The van der Waals surface area contributed by atoms with Gasteiger partial charge in [-0.2, -0.15) is 0 Å². The fourth-order valence-corrected chi connectivity index (χ4v) is 2.65. The van der Waals surface area contributed by atoms with Crippen molar-refractivity contribution in [3.63, 3.8) is 0 Å². The van der Waals surface area contributed by atoms with Gasteiger partial charge in [0, 0.05) is 22.8 Å². The zero-order chi connectivity index (χ0) is 16.1. The molecule has 0 bridgehead atoms. The number of hydrogen-bond acceptors (Lipinski definition) is 2. The smallest absolute Gasteiger partial charge is 0.255 e. The molecule has 1 N–H and O–H groups in total. The highest BCUT2D eigenvalue weighted by atomic mass is 16.1. The SMILES string of the molecule is CCCCc1ccnc2ccc(C(=O)Nc3ccccc3)cc12. The maximum atomic E-state index is 12.5. The normalized spacial score (nSPS) is 10.7. The highest BCUT2D eigenvalue weighted by Gasteiger charge is 2.09. The van der Waals surface area contributed by atoms with Gasteiger partial charge in [-0.05, 0) is 54.8 Å². The lowest BCUT2D eigenvalue weighted by Crippen LogP contribution is -2.11. The molecule has 2 aromatic carbocycles. The number of fused-ring (bicyclic) bond motifs is 1. The zero-order valence-electron chi connectivity index (χ0n) is 13.3. The van der Waals surface area contributed by atoms with Crippen molar-refractivity contribution in [2.24, 2.45) is 0 Å². The molecule has 0 aliphatic rings. The van der Waals surface area contributed by atoms with Gasteiger partial charge in [0.15, 0.2) is 0 Å². The first kappa shape index (κ1) is 15.2. The Morgan fingerprint density at radius 1 is 1.09 bits per heavy atom. The predicted molar refractivity (Wildman–Crippen MR) is 94.8 cm³/mol. The highest BCUT2D eigenvalue weighted by Crippen LogP contribution is 2.21. The average Bonchev–Trinajstić information content (AvgIpc) is 2.60. The number of benzene rings is 2. The van der Waals surface area contributed by atoms with Crippen molar-refractivity contribution in [1.82, 2.24) is 4.98 Å². The lowest BCUT2D eigenvalue weighted by Gasteiger charge is -2.09. The fraction of sp³-hybridized carbons (Fsp3) is 0.200. The van der Waals surface area contributed by atoms with E-state index in [2.05, 4.69) is 23.3 Å². The van der Waals surface area contributed by atoms with E-state index in [9.17, 15) is 4.79 Å². The fourth-order valence-electron chi connectivity index (χ4n) is 2.65. The molecule has 0 aliphatic carbocycles. The molecule has 23 heavy (non-hydrogen) atoms. The van der Waals surface area contributed by atoms with E-state index in [0.717, 1.165) is 35.9 Å². The minimum Gasteiger partial charge on any atom is -0.322 e. The summed E-state index contributed by atoms with van der Waals surface area (Å²) in [4.78, 5) is 16.9. The Morgan fingerprint density at radius 3 is 2.70 bits per heavy atom. The Labute approximate surface area is 136 Å². The quantitative estimate of drug-likeness (QED) is 0.733. The second-order valence-electron chi connectivity index (χ2n) is 5.63. The van der Waals surface area contributed by atoms with Crippen LogP contribution in [-0.2, 0) is 6.42 Å². The standard InChI is InChI=1S/C20H20N2O/c1-2-3-7-15-12-13-21-19-11-10-16(14-18(15)19)20(23)22-17-8-5-4-6-9-17/h4-6,8-14H,2-3,7H2,1H3,(H,22,23). The van der Waals surface area contributed by atoms with E-state index in [-0.39, 0.29) is 5.91 Å². The van der Waals surface area contributed by atoms with Crippen LogP contribution in [0.25, 0.3) is 10.9 Å². The molecule has 3 nitrogen and oxygen atoms in total. The van der Waals surface area contributed by atoms with Gasteiger partial charge in [0.2, 0.25) is 0 Å². The first-order valence-electron chi connectivity index (χ1n) is 8.02. The Kier molecular flexibility index (Phi) is 4.67. The molecule has 0 saturated heterocycles. The number of nitrogens with one attached hydrogen (secondary N) is 1. The molecule has 3 aromatic rings. The van der Waals surface area contributed by atoms with Crippen LogP contribution in [0, 0.1) is 0 Å². The first-order chi connectivity index (χ1) is 11.3. The number of aromatic nitrogens is 1. The average molecular weight is 304 g/mol. The molecule has 0 atom stereocenters. The number of unbranched alkanes of at least 4 members (excludes halogenated alkanes) is 1. The third kappa shape index (κ3) is 3.57. The molecule has 0 fully saturated rings. The van der Waals surface area contributed by atoms with Gasteiger partial charge in [0.05, 0.1) is 5.52 Å². The number of amides is 1. The molecule has 3 heteroatoms. The van der Waals surface area contributed by atoms with Gasteiger partial charge in [-0.15, -0.1) is 0 Å². The topological polar surface area (TPSA) is 42.0 Å². The number of hydrogen-bond donors (Lipinski definition) is 1. The summed E-state index contributed by atoms with van der Waals surface area (Å²) in [5, 5.41) is 4.00. The van der Waals surface area contributed by atoms with E-state index in [4.69, 9.17) is 0 Å². The van der Waals surface area contributed by atoms with Crippen molar-refractivity contribution in [3.8, 4) is 0 Å². The number of anilines is 1. The van der Waals surface area contributed by atoms with Crippen molar-refractivity contribution in [2.45, 2.75) is 26.2 Å². The van der Waals surface area contributed by atoms with Crippen LogP contribution < -0.4 is 5.32 Å². The Hall–Kier alpha value is -2.68. The van der Waals surface area contributed by atoms with Gasteiger partial charge in [0.1, 0.15) is 0 Å². The van der Waals surface area contributed by atoms with Gasteiger partial charge in [0.25, 0.3) is 5.91 Å². The molecule has 0 spiro atoms. The first-order valence-corrected chi connectivity index (χ1v) is 8.02. The van der Waals surface area contributed by atoms with E-state index >= 15 is 0 Å². The maximum Gasteiger partial charge on any atom is 0.255 e. The molecule has 0 unspecified atom stereocenters. The molecule has 0 radical (unpaired) electrons. The summed E-state index contributed by atoms with van der Waals surface area (Å²) in [6.07, 6.45) is 5.15. The van der Waals surface area contributed by atoms with Gasteiger partial charge < -0.3 is 5.32 Å². The molecule has 1 amide bonds. The van der Waals surface area contributed by atoms with Gasteiger partial charge in [-0.25, -0.2) is 0 Å². The monoisotopic (exact) mass is 304 g/mol. The number of para-hydroxylation sites is 1. The maximum absolute atomic E-state index is 12.5. The molecule has 116 valence electrons. The molecule has 1 aromatic heterocycles. The van der Waals surface area contributed by atoms with Gasteiger partial charge >= 0.3 is 0 Å². The number of rotatable bonds is 5. The molecule has 0 saturated carbocycles. The van der Waals surface area contributed by atoms with Gasteiger partial charge in [-0.1, -0.05) is 31.5 Å². The zero-order valence-corrected chi connectivity index (χ0v) is 13.3. The number of nitrogens with zero attached hydrogens (tertiary/aromatic N) is 1. The highest BCUT2D eigenvalue weighted by molar-refractivity contribution is 6.06. The molecular weight excluding hydrogens is 284 g/mol. The van der Waals surface area contributed by atoms with Crippen LogP contribution in [-0.4, -0.2) is 10.9 Å². The van der Waals surface area contributed by atoms with Crippen LogP contribution in [0.4, 0.5) is 5.69 Å². The number of pyridine rings is 1. The molecular formula is C20H20N2O. The third-order valence-corrected chi connectivity index (χ3v) is 3.93. The largest absolute Gasteiger partial charge is 0.322 e. The third-order valence-electron chi connectivity index (χ3n) is 3.93. The number of carbonyl (C=O) groups excluding carboxylic acids is 1. The lowest BCUT2D eigenvalue weighted by atomic mass is 10.0.